The molecule has 1 rings (SSSR count). The number of nitriles is 1. The van der Waals surface area contributed by atoms with E-state index in [1.54, 1.807) is 12.1 Å². The van der Waals surface area contributed by atoms with Crippen molar-refractivity contribution in [1.82, 2.24) is 0 Å². The van der Waals surface area contributed by atoms with Gasteiger partial charge in [-0.3, -0.25) is 10.1 Å². The standard InChI is InChI=1S/C13H16ClN3O2/c1-3-16(9-10(2)8-15)12-4-5-13(17(18)19)11(6-12)7-14/h4-6,10H,3,7,9H2,1-2H3. The lowest BCUT2D eigenvalue weighted by molar-refractivity contribution is -0.385. The fourth-order valence-electron chi connectivity index (χ4n) is 1.84. The maximum absolute atomic E-state index is 10.8. The highest BCUT2D eigenvalue weighted by Gasteiger charge is 2.16. The van der Waals surface area contributed by atoms with Crippen molar-refractivity contribution in [2.45, 2.75) is 19.7 Å². The number of alkyl halides is 1. The molecular weight excluding hydrogens is 266 g/mol. The molecule has 1 aromatic rings. The van der Waals surface area contributed by atoms with Gasteiger partial charge in [0.1, 0.15) is 0 Å². The van der Waals surface area contributed by atoms with Crippen LogP contribution in [-0.4, -0.2) is 18.0 Å². The second-order valence-corrected chi connectivity index (χ2v) is 4.54. The van der Waals surface area contributed by atoms with Gasteiger partial charge in [-0.05, 0) is 26.0 Å². The van der Waals surface area contributed by atoms with E-state index in [-0.39, 0.29) is 17.5 Å². The van der Waals surface area contributed by atoms with E-state index in [2.05, 4.69) is 6.07 Å². The molecule has 0 radical (unpaired) electrons. The Bertz CT molecular complexity index is 499. The van der Waals surface area contributed by atoms with Crippen molar-refractivity contribution < 1.29 is 4.92 Å². The molecule has 0 saturated carbocycles. The highest BCUT2D eigenvalue weighted by atomic mass is 35.5. The molecule has 1 aromatic carbocycles. The Kier molecular flexibility index (Phi) is 5.58. The van der Waals surface area contributed by atoms with Crippen molar-refractivity contribution in [3.8, 4) is 6.07 Å². The number of benzene rings is 1. The minimum absolute atomic E-state index is 0.0307. The van der Waals surface area contributed by atoms with Crippen molar-refractivity contribution in [3.05, 3.63) is 33.9 Å². The highest BCUT2D eigenvalue weighted by Crippen LogP contribution is 2.26. The monoisotopic (exact) mass is 281 g/mol. The van der Waals surface area contributed by atoms with E-state index in [1.807, 2.05) is 18.7 Å². The highest BCUT2D eigenvalue weighted by molar-refractivity contribution is 6.17. The summed E-state index contributed by atoms with van der Waals surface area (Å²) in [6.07, 6.45) is 0. The Balaban J connectivity index is 3.06. The summed E-state index contributed by atoms with van der Waals surface area (Å²) in [7, 11) is 0. The van der Waals surface area contributed by atoms with E-state index in [0.717, 1.165) is 12.2 Å². The van der Waals surface area contributed by atoms with Crippen molar-refractivity contribution in [3.63, 3.8) is 0 Å². The van der Waals surface area contributed by atoms with Crippen LogP contribution in [0, 0.1) is 27.4 Å². The van der Waals surface area contributed by atoms with E-state index in [1.165, 1.54) is 6.07 Å². The van der Waals surface area contributed by atoms with Gasteiger partial charge in [-0.1, -0.05) is 0 Å². The third-order valence-corrected chi connectivity index (χ3v) is 3.15. The van der Waals surface area contributed by atoms with Gasteiger partial charge < -0.3 is 4.90 Å². The molecule has 5 nitrogen and oxygen atoms in total. The minimum Gasteiger partial charge on any atom is -0.370 e. The summed E-state index contributed by atoms with van der Waals surface area (Å²) < 4.78 is 0. The largest absolute Gasteiger partial charge is 0.370 e. The first-order valence-corrected chi connectivity index (χ1v) is 6.54. The normalized spacial score (nSPS) is 11.7. The number of rotatable bonds is 6. The smallest absolute Gasteiger partial charge is 0.273 e. The summed E-state index contributed by atoms with van der Waals surface area (Å²) in [6.45, 7) is 5.14. The van der Waals surface area contributed by atoms with E-state index in [0.29, 0.717) is 12.1 Å². The first kappa shape index (κ1) is 15.3. The van der Waals surface area contributed by atoms with Crippen LogP contribution in [0.3, 0.4) is 0 Å². The van der Waals surface area contributed by atoms with Crippen LogP contribution >= 0.6 is 11.6 Å². The van der Waals surface area contributed by atoms with Crippen LogP contribution in [0.5, 0.6) is 0 Å². The first-order valence-electron chi connectivity index (χ1n) is 6.01. The second kappa shape index (κ2) is 6.95. The molecule has 6 heteroatoms. The number of anilines is 1. The summed E-state index contributed by atoms with van der Waals surface area (Å²) in [5.74, 6) is -0.00946. The summed E-state index contributed by atoms with van der Waals surface area (Å²) in [5, 5.41) is 19.7. The Hall–Kier alpha value is -1.80. The second-order valence-electron chi connectivity index (χ2n) is 4.27. The minimum atomic E-state index is -0.435. The summed E-state index contributed by atoms with van der Waals surface area (Å²) >= 11 is 5.75. The van der Waals surface area contributed by atoms with Gasteiger partial charge in [0, 0.05) is 30.4 Å². The molecular formula is C13H16ClN3O2. The van der Waals surface area contributed by atoms with Gasteiger partial charge in [0.2, 0.25) is 0 Å². The molecule has 0 spiro atoms. The predicted octanol–water partition coefficient (Wildman–Crippen LogP) is 3.32. The van der Waals surface area contributed by atoms with Gasteiger partial charge in [0.05, 0.1) is 22.8 Å². The molecule has 0 saturated heterocycles. The fourth-order valence-corrected chi connectivity index (χ4v) is 2.06. The van der Waals surface area contributed by atoms with Crippen LogP contribution in [0.15, 0.2) is 18.2 Å². The third kappa shape index (κ3) is 3.83. The zero-order valence-electron chi connectivity index (χ0n) is 11.0. The average Bonchev–Trinajstić information content (AvgIpc) is 2.43. The van der Waals surface area contributed by atoms with Gasteiger partial charge in [0.25, 0.3) is 5.69 Å². The number of nitro benzene ring substituents is 1. The third-order valence-electron chi connectivity index (χ3n) is 2.87. The SMILES string of the molecule is CCN(CC(C)C#N)c1ccc([N+](=O)[O-])c(CCl)c1. The zero-order chi connectivity index (χ0) is 14.4. The van der Waals surface area contributed by atoms with Crippen LogP contribution in [0.25, 0.3) is 0 Å². The summed E-state index contributed by atoms with van der Waals surface area (Å²) in [5.41, 5.74) is 1.38. The zero-order valence-corrected chi connectivity index (χ0v) is 11.7. The van der Waals surface area contributed by atoms with Crippen molar-refractivity contribution >= 4 is 23.0 Å². The Morgan fingerprint density at radius 1 is 1.58 bits per heavy atom. The quantitative estimate of drug-likeness (QED) is 0.455. The van der Waals surface area contributed by atoms with E-state index >= 15 is 0 Å². The molecule has 1 unspecified atom stereocenters. The van der Waals surface area contributed by atoms with E-state index < -0.39 is 4.92 Å². The molecule has 0 fully saturated rings. The van der Waals surface area contributed by atoms with Crippen molar-refractivity contribution in [2.75, 3.05) is 18.0 Å². The van der Waals surface area contributed by atoms with Crippen LogP contribution in [0.1, 0.15) is 19.4 Å². The van der Waals surface area contributed by atoms with Crippen LogP contribution in [0.4, 0.5) is 11.4 Å². The number of nitro groups is 1. The number of hydrogen-bond donors (Lipinski definition) is 0. The molecule has 0 aromatic heterocycles. The molecule has 0 aliphatic rings. The predicted molar refractivity (Wildman–Crippen MR) is 75.3 cm³/mol. The molecule has 0 bridgehead atoms. The lowest BCUT2D eigenvalue weighted by atomic mass is 10.1. The number of hydrogen-bond acceptors (Lipinski definition) is 4. The van der Waals surface area contributed by atoms with E-state index in [4.69, 9.17) is 16.9 Å². The average molecular weight is 282 g/mol. The van der Waals surface area contributed by atoms with Gasteiger partial charge in [-0.2, -0.15) is 5.26 Å². The molecule has 0 aliphatic carbocycles. The van der Waals surface area contributed by atoms with Gasteiger partial charge in [-0.25, -0.2) is 0 Å². The van der Waals surface area contributed by atoms with Gasteiger partial charge in [0.15, 0.2) is 0 Å². The fraction of sp³-hybridized carbons (Fsp3) is 0.462. The Morgan fingerprint density at radius 3 is 2.74 bits per heavy atom. The van der Waals surface area contributed by atoms with Crippen molar-refractivity contribution in [1.29, 1.82) is 5.26 Å². The first-order chi connectivity index (χ1) is 9.03. The molecule has 0 amide bonds. The lowest BCUT2D eigenvalue weighted by Crippen LogP contribution is -2.27. The van der Waals surface area contributed by atoms with Crippen molar-refractivity contribution in [2.24, 2.45) is 5.92 Å². The topological polar surface area (TPSA) is 70.2 Å². The lowest BCUT2D eigenvalue weighted by Gasteiger charge is -2.24. The van der Waals surface area contributed by atoms with E-state index in [9.17, 15) is 10.1 Å². The van der Waals surface area contributed by atoms with Crippen LogP contribution < -0.4 is 4.90 Å². The Labute approximate surface area is 117 Å². The van der Waals surface area contributed by atoms with Crippen LogP contribution in [0.2, 0.25) is 0 Å². The molecule has 0 N–H and O–H groups in total. The molecule has 102 valence electrons. The maximum Gasteiger partial charge on any atom is 0.273 e. The molecule has 1 atom stereocenters. The van der Waals surface area contributed by atoms with Crippen LogP contribution in [-0.2, 0) is 5.88 Å². The Morgan fingerprint density at radius 2 is 2.26 bits per heavy atom. The molecule has 0 heterocycles. The summed E-state index contributed by atoms with van der Waals surface area (Å²) in [6, 6.07) is 7.06. The maximum atomic E-state index is 10.8. The molecule has 0 aliphatic heterocycles. The van der Waals surface area contributed by atoms with Gasteiger partial charge in [-0.15, -0.1) is 11.6 Å². The summed E-state index contributed by atoms with van der Waals surface area (Å²) in [4.78, 5) is 12.4. The number of nitrogens with zero attached hydrogens (tertiary/aromatic N) is 3. The number of halogens is 1. The van der Waals surface area contributed by atoms with Gasteiger partial charge >= 0.3 is 0 Å². The molecule has 19 heavy (non-hydrogen) atoms.